The number of thiazole rings is 1. The van der Waals surface area contributed by atoms with Crippen LogP contribution in [0, 0.1) is 6.92 Å². The first kappa shape index (κ1) is 15.5. The van der Waals surface area contributed by atoms with Crippen LogP contribution >= 0.6 is 22.9 Å². The number of rotatable bonds is 2. The molecule has 20 heavy (non-hydrogen) atoms. The largest absolute Gasteiger partial charge is 0.453 e. The molecule has 0 N–H and O–H groups in total. The highest BCUT2D eigenvalue weighted by Gasteiger charge is 2.33. The molecular weight excluding hydrogens is 326 g/mol. The molecule has 0 unspecified atom stereocenters. The fourth-order valence-corrected chi connectivity index (χ4v) is 5.24. The summed E-state index contributed by atoms with van der Waals surface area (Å²) in [6.07, 6.45) is -0.445. The van der Waals surface area contributed by atoms with Crippen LogP contribution in [0.4, 0.5) is 4.79 Å². The van der Waals surface area contributed by atoms with E-state index >= 15 is 0 Å². The average molecular weight is 340 g/mol. The van der Waals surface area contributed by atoms with E-state index in [2.05, 4.69) is 9.72 Å². The summed E-state index contributed by atoms with van der Waals surface area (Å²) in [5.41, 5.74) is 0.399. The van der Waals surface area contributed by atoms with Gasteiger partial charge in [0, 0.05) is 26.2 Å². The number of amides is 1. The van der Waals surface area contributed by atoms with E-state index in [9.17, 15) is 13.2 Å². The van der Waals surface area contributed by atoms with E-state index in [-0.39, 0.29) is 21.8 Å². The van der Waals surface area contributed by atoms with Gasteiger partial charge in [-0.15, -0.1) is 0 Å². The van der Waals surface area contributed by atoms with Crippen molar-refractivity contribution < 1.29 is 17.9 Å². The number of ether oxygens (including phenoxy) is 1. The summed E-state index contributed by atoms with van der Waals surface area (Å²) in [5, 5.41) is 0. The molecule has 0 aromatic carbocycles. The molecule has 1 aliphatic rings. The number of hydrogen-bond donors (Lipinski definition) is 0. The van der Waals surface area contributed by atoms with Crippen molar-refractivity contribution in [1.29, 1.82) is 0 Å². The maximum atomic E-state index is 12.5. The number of methoxy groups -OCH3 is 1. The van der Waals surface area contributed by atoms with Crippen molar-refractivity contribution in [3.63, 3.8) is 0 Å². The molecule has 1 aliphatic heterocycles. The van der Waals surface area contributed by atoms with Crippen molar-refractivity contribution in [3.8, 4) is 0 Å². The van der Waals surface area contributed by atoms with Gasteiger partial charge in [0.25, 0.3) is 10.0 Å². The lowest BCUT2D eigenvalue weighted by Crippen LogP contribution is -2.50. The Morgan fingerprint density at radius 2 is 1.95 bits per heavy atom. The van der Waals surface area contributed by atoms with Crippen molar-refractivity contribution in [3.05, 3.63) is 10.2 Å². The standard InChI is InChI=1S/C10H14ClN3O4S2/c1-7-8(19-9(11)12-7)20(16,17)14-5-3-13(4-6-14)10(15)18-2/h3-6H2,1-2H3. The van der Waals surface area contributed by atoms with Gasteiger partial charge in [0.05, 0.1) is 12.8 Å². The van der Waals surface area contributed by atoms with E-state index in [0.717, 1.165) is 11.3 Å². The fourth-order valence-electron chi connectivity index (χ4n) is 1.95. The van der Waals surface area contributed by atoms with Crippen LogP contribution in [0.1, 0.15) is 5.69 Å². The van der Waals surface area contributed by atoms with E-state index in [1.54, 1.807) is 6.92 Å². The number of carbonyl (C=O) groups excluding carboxylic acids is 1. The van der Waals surface area contributed by atoms with Gasteiger partial charge in [-0.2, -0.15) is 4.31 Å². The second-order valence-electron chi connectivity index (χ2n) is 4.20. The number of hydrogen-bond acceptors (Lipinski definition) is 6. The molecule has 1 aromatic rings. The molecule has 112 valence electrons. The summed E-state index contributed by atoms with van der Waals surface area (Å²) in [6, 6.07) is 0. The topological polar surface area (TPSA) is 79.8 Å². The third-order valence-corrected chi connectivity index (χ3v) is 6.72. The summed E-state index contributed by atoms with van der Waals surface area (Å²) in [4.78, 5) is 16.8. The first-order valence-electron chi connectivity index (χ1n) is 5.82. The Balaban J connectivity index is 2.14. The normalized spacial score (nSPS) is 17.2. The first-order chi connectivity index (χ1) is 9.36. The molecule has 2 heterocycles. The molecule has 1 fully saturated rings. The molecule has 10 heteroatoms. The van der Waals surface area contributed by atoms with Gasteiger partial charge in [-0.3, -0.25) is 0 Å². The Morgan fingerprint density at radius 3 is 2.40 bits per heavy atom. The van der Waals surface area contributed by atoms with Crippen LogP contribution in [0.15, 0.2) is 4.21 Å². The number of aryl methyl sites for hydroxylation is 1. The minimum absolute atomic E-state index is 0.161. The Labute approximate surface area is 126 Å². The molecule has 0 radical (unpaired) electrons. The third-order valence-electron chi connectivity index (χ3n) is 2.97. The van der Waals surface area contributed by atoms with Gasteiger partial charge in [-0.1, -0.05) is 22.9 Å². The molecule has 0 bridgehead atoms. The van der Waals surface area contributed by atoms with Crippen LogP contribution in [-0.2, 0) is 14.8 Å². The molecule has 7 nitrogen and oxygen atoms in total. The van der Waals surface area contributed by atoms with E-state index < -0.39 is 16.1 Å². The van der Waals surface area contributed by atoms with Gasteiger partial charge >= 0.3 is 6.09 Å². The number of halogens is 1. The van der Waals surface area contributed by atoms with Crippen molar-refractivity contribution in [1.82, 2.24) is 14.2 Å². The second-order valence-corrected chi connectivity index (χ2v) is 7.92. The molecule has 0 aliphatic carbocycles. The highest BCUT2D eigenvalue weighted by atomic mass is 35.5. The lowest BCUT2D eigenvalue weighted by Gasteiger charge is -2.32. The Kier molecular flexibility index (Phi) is 4.52. The minimum Gasteiger partial charge on any atom is -0.453 e. The zero-order valence-electron chi connectivity index (χ0n) is 11.0. The van der Waals surface area contributed by atoms with Crippen molar-refractivity contribution >= 4 is 39.1 Å². The van der Waals surface area contributed by atoms with Crippen LogP contribution in [0.2, 0.25) is 4.47 Å². The molecule has 2 rings (SSSR count). The third kappa shape index (κ3) is 2.90. The predicted octanol–water partition coefficient (Wildman–Crippen LogP) is 1.18. The van der Waals surface area contributed by atoms with Crippen molar-refractivity contribution in [2.45, 2.75) is 11.1 Å². The maximum absolute atomic E-state index is 12.5. The van der Waals surface area contributed by atoms with Crippen LogP contribution in [0.5, 0.6) is 0 Å². The number of piperazine rings is 1. The number of sulfonamides is 1. The van der Waals surface area contributed by atoms with Gasteiger partial charge < -0.3 is 9.64 Å². The monoisotopic (exact) mass is 339 g/mol. The predicted molar refractivity (Wildman–Crippen MR) is 74.6 cm³/mol. The molecule has 1 amide bonds. The molecule has 1 saturated heterocycles. The smallest absolute Gasteiger partial charge is 0.409 e. The zero-order valence-corrected chi connectivity index (χ0v) is 13.4. The van der Waals surface area contributed by atoms with Crippen molar-refractivity contribution in [2.75, 3.05) is 33.3 Å². The Hall–Kier alpha value is -0.900. The van der Waals surface area contributed by atoms with Gasteiger partial charge in [0.2, 0.25) is 0 Å². The summed E-state index contributed by atoms with van der Waals surface area (Å²) in [7, 11) is -2.30. The lowest BCUT2D eigenvalue weighted by molar-refractivity contribution is 0.108. The number of carbonyl (C=O) groups is 1. The van der Waals surface area contributed by atoms with E-state index in [0.29, 0.717) is 18.8 Å². The minimum atomic E-state index is -3.60. The first-order valence-corrected chi connectivity index (χ1v) is 8.45. The molecule has 0 atom stereocenters. The van der Waals surface area contributed by atoms with Gasteiger partial charge in [0.1, 0.15) is 0 Å². The molecule has 0 saturated carbocycles. The second kappa shape index (κ2) is 5.84. The molecular formula is C10H14ClN3O4S2. The lowest BCUT2D eigenvalue weighted by atomic mass is 10.4. The highest BCUT2D eigenvalue weighted by Crippen LogP contribution is 2.29. The quantitative estimate of drug-likeness (QED) is 0.808. The fraction of sp³-hybridized carbons (Fsp3) is 0.600. The SMILES string of the molecule is COC(=O)N1CCN(S(=O)(=O)c2sc(Cl)nc2C)CC1. The van der Waals surface area contributed by atoms with E-state index in [1.807, 2.05) is 0 Å². The highest BCUT2D eigenvalue weighted by molar-refractivity contribution is 7.91. The zero-order chi connectivity index (χ0) is 14.9. The van der Waals surface area contributed by atoms with Crippen LogP contribution < -0.4 is 0 Å². The van der Waals surface area contributed by atoms with Gasteiger partial charge in [0.15, 0.2) is 8.68 Å². The summed E-state index contributed by atoms with van der Waals surface area (Å²) < 4.78 is 31.3. The molecule has 1 aromatic heterocycles. The molecule has 0 spiro atoms. The Bertz CT molecular complexity index is 608. The Morgan fingerprint density at radius 1 is 1.35 bits per heavy atom. The number of nitrogens with zero attached hydrogens (tertiary/aromatic N) is 3. The van der Waals surface area contributed by atoms with E-state index in [1.165, 1.54) is 16.3 Å². The average Bonchev–Trinajstić information content (AvgIpc) is 2.77. The van der Waals surface area contributed by atoms with Crippen LogP contribution in [-0.4, -0.2) is 62.0 Å². The van der Waals surface area contributed by atoms with Crippen LogP contribution in [0.25, 0.3) is 0 Å². The van der Waals surface area contributed by atoms with Gasteiger partial charge in [-0.25, -0.2) is 18.2 Å². The van der Waals surface area contributed by atoms with Crippen molar-refractivity contribution in [2.24, 2.45) is 0 Å². The van der Waals surface area contributed by atoms with Gasteiger partial charge in [-0.05, 0) is 6.92 Å². The summed E-state index contributed by atoms with van der Waals surface area (Å²) in [5.74, 6) is 0. The summed E-state index contributed by atoms with van der Waals surface area (Å²) >= 11 is 6.70. The number of aromatic nitrogens is 1. The van der Waals surface area contributed by atoms with E-state index in [4.69, 9.17) is 11.6 Å². The maximum Gasteiger partial charge on any atom is 0.409 e. The van der Waals surface area contributed by atoms with Crippen LogP contribution in [0.3, 0.4) is 0 Å². The summed E-state index contributed by atoms with van der Waals surface area (Å²) in [6.45, 7) is 2.67.